The highest BCUT2D eigenvalue weighted by Crippen LogP contribution is 2.42. The molecule has 4 rings (SSSR count). The standard InChI is InChI=1S/C36H44N2O2/c1-37(2)25-9-27-39-33-20-16-31(17-21-33)36(32-18-22-34(23-19-32)40-28-10-26-38(3)4)35(30-13-7-8-14-30)24-15-29-11-5-6-12-29/h5-8,11-14,16-23H,9-10,15,24-28H2,1-4H3. The van der Waals surface area contributed by atoms with E-state index in [1.54, 1.807) is 0 Å². The van der Waals surface area contributed by atoms with Crippen LogP contribution < -0.4 is 9.47 Å². The van der Waals surface area contributed by atoms with E-state index in [-0.39, 0.29) is 0 Å². The SMILES string of the molecule is CN(C)CCCOc1ccc(C(=C(CC[C]2[CH][CH][CH][CH]2)[C]2[CH][CH][CH][CH]2)c2ccc(OCCCN(C)C)cc2)cc1. The molecule has 0 atom stereocenters. The summed E-state index contributed by atoms with van der Waals surface area (Å²) in [7, 11) is 8.37. The monoisotopic (exact) mass is 536 g/mol. The minimum Gasteiger partial charge on any atom is -0.494 e. The van der Waals surface area contributed by atoms with E-state index in [1.807, 2.05) is 0 Å². The number of allylic oxidation sites excluding steroid dienone is 1. The number of hydrogen-bond acceptors (Lipinski definition) is 4. The van der Waals surface area contributed by atoms with E-state index in [2.05, 4.69) is 138 Å². The molecule has 40 heavy (non-hydrogen) atoms. The molecule has 210 valence electrons. The van der Waals surface area contributed by atoms with Gasteiger partial charge in [-0.05, 0) is 152 Å². The van der Waals surface area contributed by atoms with E-state index in [0.717, 1.165) is 50.3 Å². The Morgan fingerprint density at radius 2 is 1.05 bits per heavy atom. The highest BCUT2D eigenvalue weighted by molar-refractivity contribution is 5.85. The van der Waals surface area contributed by atoms with Crippen molar-refractivity contribution in [3.05, 3.63) is 128 Å². The van der Waals surface area contributed by atoms with Gasteiger partial charge in [0.15, 0.2) is 0 Å². The maximum Gasteiger partial charge on any atom is 0.119 e. The first-order chi connectivity index (χ1) is 19.5. The summed E-state index contributed by atoms with van der Waals surface area (Å²) in [4.78, 5) is 4.37. The van der Waals surface area contributed by atoms with Crippen molar-refractivity contribution in [2.24, 2.45) is 0 Å². The fraction of sp³-hybridized carbons (Fsp3) is 0.333. The van der Waals surface area contributed by atoms with Crippen molar-refractivity contribution in [1.82, 2.24) is 9.80 Å². The molecule has 2 fully saturated rings. The number of ether oxygens (including phenoxy) is 2. The fourth-order valence-corrected chi connectivity index (χ4v) is 4.93. The van der Waals surface area contributed by atoms with Gasteiger partial charge >= 0.3 is 0 Å². The van der Waals surface area contributed by atoms with Crippen LogP contribution in [0.3, 0.4) is 0 Å². The summed E-state index contributed by atoms with van der Waals surface area (Å²) in [6, 6.07) is 17.2. The lowest BCUT2D eigenvalue weighted by atomic mass is 9.82. The zero-order chi connectivity index (χ0) is 28.2. The molecule has 10 radical (unpaired) electrons. The van der Waals surface area contributed by atoms with Gasteiger partial charge in [0.25, 0.3) is 0 Å². The average Bonchev–Trinajstić information content (AvgIpc) is 3.67. The molecule has 2 saturated carbocycles. The van der Waals surface area contributed by atoms with Crippen LogP contribution >= 0.6 is 0 Å². The lowest BCUT2D eigenvalue weighted by Crippen LogP contribution is -2.15. The van der Waals surface area contributed by atoms with Crippen LogP contribution in [0.25, 0.3) is 5.57 Å². The predicted molar refractivity (Wildman–Crippen MR) is 166 cm³/mol. The van der Waals surface area contributed by atoms with Gasteiger partial charge < -0.3 is 19.3 Å². The number of hydrogen-bond donors (Lipinski definition) is 0. The van der Waals surface area contributed by atoms with Gasteiger partial charge in [-0.3, -0.25) is 0 Å². The molecule has 0 aliphatic heterocycles. The molecule has 0 aromatic heterocycles. The van der Waals surface area contributed by atoms with Gasteiger partial charge in [-0.2, -0.15) is 0 Å². The van der Waals surface area contributed by atoms with Crippen LogP contribution in [-0.2, 0) is 0 Å². The van der Waals surface area contributed by atoms with Gasteiger partial charge in [0.05, 0.1) is 13.2 Å². The van der Waals surface area contributed by atoms with Crippen molar-refractivity contribution in [1.29, 1.82) is 0 Å². The van der Waals surface area contributed by atoms with E-state index in [0.29, 0.717) is 13.2 Å². The quantitative estimate of drug-likeness (QED) is 0.222. The largest absolute Gasteiger partial charge is 0.494 e. The summed E-state index contributed by atoms with van der Waals surface area (Å²) >= 11 is 0. The summed E-state index contributed by atoms with van der Waals surface area (Å²) in [5.41, 5.74) is 5.00. The van der Waals surface area contributed by atoms with Crippen LogP contribution in [0.15, 0.2) is 54.1 Å². The zero-order valence-electron chi connectivity index (χ0n) is 24.6. The first-order valence-electron chi connectivity index (χ1n) is 14.4. The number of nitrogens with zero attached hydrogens (tertiary/aromatic N) is 2. The van der Waals surface area contributed by atoms with Crippen LogP contribution in [0, 0.1) is 63.2 Å². The Kier molecular flexibility index (Phi) is 12.4. The molecule has 0 bridgehead atoms. The molecule has 0 N–H and O–H groups in total. The summed E-state index contributed by atoms with van der Waals surface area (Å²) in [5, 5.41) is 0. The summed E-state index contributed by atoms with van der Waals surface area (Å²) < 4.78 is 12.1. The average molecular weight is 537 g/mol. The third kappa shape index (κ3) is 9.66. The molecule has 2 aliphatic carbocycles. The van der Waals surface area contributed by atoms with E-state index in [1.165, 1.54) is 34.1 Å². The normalized spacial score (nSPS) is 16.2. The third-order valence-electron chi connectivity index (χ3n) is 7.03. The Labute approximate surface area is 244 Å². The molecule has 2 aromatic rings. The second-order valence-electron chi connectivity index (χ2n) is 10.9. The molecule has 4 heteroatoms. The maximum absolute atomic E-state index is 6.04. The smallest absolute Gasteiger partial charge is 0.119 e. The van der Waals surface area contributed by atoms with Crippen LogP contribution in [0.2, 0.25) is 0 Å². The van der Waals surface area contributed by atoms with Gasteiger partial charge in [0, 0.05) is 19.0 Å². The van der Waals surface area contributed by atoms with Gasteiger partial charge in [0.1, 0.15) is 11.5 Å². The first-order valence-corrected chi connectivity index (χ1v) is 14.4. The van der Waals surface area contributed by atoms with Gasteiger partial charge in [-0.15, -0.1) is 0 Å². The van der Waals surface area contributed by atoms with Crippen molar-refractivity contribution >= 4 is 5.57 Å². The molecule has 2 aromatic carbocycles. The van der Waals surface area contributed by atoms with Crippen LogP contribution in [-0.4, -0.2) is 64.3 Å². The molecule has 0 saturated heterocycles. The second kappa shape index (κ2) is 16.2. The molecule has 0 unspecified atom stereocenters. The van der Waals surface area contributed by atoms with E-state index < -0.39 is 0 Å². The Bertz CT molecular complexity index is 952. The lowest BCUT2D eigenvalue weighted by Gasteiger charge is -2.23. The van der Waals surface area contributed by atoms with Crippen molar-refractivity contribution in [3.63, 3.8) is 0 Å². The lowest BCUT2D eigenvalue weighted by molar-refractivity contribution is 0.281. The Morgan fingerprint density at radius 3 is 1.50 bits per heavy atom. The van der Waals surface area contributed by atoms with Crippen molar-refractivity contribution in [2.45, 2.75) is 25.7 Å². The van der Waals surface area contributed by atoms with Crippen molar-refractivity contribution in [2.75, 3.05) is 54.5 Å². The van der Waals surface area contributed by atoms with Gasteiger partial charge in [-0.25, -0.2) is 0 Å². The minimum absolute atomic E-state index is 0.717. The molecule has 0 spiro atoms. The number of benzene rings is 2. The first kappa shape index (κ1) is 30.7. The number of rotatable bonds is 16. The van der Waals surface area contributed by atoms with Crippen LogP contribution in [0.1, 0.15) is 36.8 Å². The highest BCUT2D eigenvalue weighted by atomic mass is 16.5. The van der Waals surface area contributed by atoms with E-state index in [9.17, 15) is 0 Å². The van der Waals surface area contributed by atoms with Gasteiger partial charge in [0.2, 0.25) is 0 Å². The Balaban J connectivity index is 1.58. The summed E-state index contributed by atoms with van der Waals surface area (Å²) in [6.45, 7) is 3.47. The second-order valence-corrected chi connectivity index (χ2v) is 10.9. The molecular weight excluding hydrogens is 492 g/mol. The fourth-order valence-electron chi connectivity index (χ4n) is 4.93. The Morgan fingerprint density at radius 1 is 0.600 bits per heavy atom. The van der Waals surface area contributed by atoms with Crippen LogP contribution in [0.4, 0.5) is 0 Å². The van der Waals surface area contributed by atoms with Crippen molar-refractivity contribution < 1.29 is 9.47 Å². The minimum atomic E-state index is 0.717. The van der Waals surface area contributed by atoms with E-state index >= 15 is 0 Å². The van der Waals surface area contributed by atoms with Gasteiger partial charge in [-0.1, -0.05) is 29.8 Å². The summed E-state index contributed by atoms with van der Waals surface area (Å²) in [6.07, 6.45) is 21.4. The maximum atomic E-state index is 6.04. The molecule has 2 aliphatic rings. The highest BCUT2D eigenvalue weighted by Gasteiger charge is 2.27. The molecular formula is C36H44N2O2. The molecule has 0 amide bonds. The van der Waals surface area contributed by atoms with E-state index in [4.69, 9.17) is 9.47 Å². The third-order valence-corrected chi connectivity index (χ3v) is 7.03. The molecule has 0 heterocycles. The van der Waals surface area contributed by atoms with Crippen LogP contribution in [0.5, 0.6) is 11.5 Å². The predicted octanol–water partition coefficient (Wildman–Crippen LogP) is 6.74. The zero-order valence-corrected chi connectivity index (χ0v) is 24.6. The summed E-state index contributed by atoms with van der Waals surface area (Å²) in [5.74, 6) is 4.46. The topological polar surface area (TPSA) is 24.9 Å². The molecule has 4 nitrogen and oxygen atoms in total. The Hall–Kier alpha value is -2.30. The van der Waals surface area contributed by atoms with Crippen molar-refractivity contribution in [3.8, 4) is 11.5 Å².